The molecule has 1 aromatic heterocycles. The van der Waals surface area contributed by atoms with Crippen LogP contribution in [0.2, 0.25) is 0 Å². The van der Waals surface area contributed by atoms with Crippen LogP contribution in [0.4, 0.5) is 4.79 Å². The minimum absolute atomic E-state index is 0.336. The van der Waals surface area contributed by atoms with Gasteiger partial charge in [-0.2, -0.15) is 0 Å². The summed E-state index contributed by atoms with van der Waals surface area (Å²) in [4.78, 5) is 18.2. The average molecular weight is 322 g/mol. The van der Waals surface area contributed by atoms with E-state index in [0.717, 1.165) is 19.3 Å². The Hall–Kier alpha value is -1.82. The number of hydrogen-bond acceptors (Lipinski definition) is 5. The van der Waals surface area contributed by atoms with E-state index >= 15 is 0 Å². The monoisotopic (exact) mass is 322 g/mol. The molecule has 128 valence electrons. The molecule has 1 saturated heterocycles. The van der Waals surface area contributed by atoms with Crippen molar-refractivity contribution in [1.29, 1.82) is 0 Å². The zero-order chi connectivity index (χ0) is 17.0. The molecule has 0 aliphatic carbocycles. The number of hydrogen-bond donors (Lipinski definition) is 1. The van der Waals surface area contributed by atoms with Gasteiger partial charge < -0.3 is 19.5 Å². The van der Waals surface area contributed by atoms with Gasteiger partial charge in [0.15, 0.2) is 0 Å². The summed E-state index contributed by atoms with van der Waals surface area (Å²) in [5.41, 5.74) is 0.0335. The molecule has 0 bridgehead atoms. The molecule has 0 spiro atoms. The maximum Gasteiger partial charge on any atom is 0.410 e. The van der Waals surface area contributed by atoms with Crippen LogP contribution in [-0.4, -0.2) is 46.4 Å². The van der Waals surface area contributed by atoms with Crippen LogP contribution in [0.5, 0.6) is 5.75 Å². The van der Waals surface area contributed by atoms with E-state index in [9.17, 15) is 9.90 Å². The van der Waals surface area contributed by atoms with Crippen molar-refractivity contribution in [2.75, 3.05) is 13.7 Å². The molecule has 0 unspecified atom stereocenters. The molecule has 2 rings (SSSR count). The number of ether oxygens (including phenoxy) is 2. The Morgan fingerprint density at radius 2 is 2.17 bits per heavy atom. The average Bonchev–Trinajstić information content (AvgIpc) is 2.52. The molecule has 2 atom stereocenters. The van der Waals surface area contributed by atoms with Crippen LogP contribution in [0.3, 0.4) is 0 Å². The SMILES string of the molecule is COc1ccncc1[C@H](O)[C@H]1CCCCN1C(=O)OC(C)(C)C. The minimum Gasteiger partial charge on any atom is -0.496 e. The molecule has 1 amide bonds. The van der Waals surface area contributed by atoms with Gasteiger partial charge in [-0.3, -0.25) is 4.98 Å². The third-order valence-corrected chi connectivity index (χ3v) is 3.89. The molecule has 23 heavy (non-hydrogen) atoms. The second-order valence-electron chi connectivity index (χ2n) is 6.80. The molecule has 0 aromatic carbocycles. The number of nitrogens with zero attached hydrogens (tertiary/aromatic N) is 2. The van der Waals surface area contributed by atoms with Crippen molar-refractivity contribution in [2.24, 2.45) is 0 Å². The number of piperidine rings is 1. The lowest BCUT2D eigenvalue weighted by Crippen LogP contribution is -2.48. The van der Waals surface area contributed by atoms with Gasteiger partial charge in [0.05, 0.1) is 13.2 Å². The van der Waals surface area contributed by atoms with Crippen LogP contribution in [0, 0.1) is 0 Å². The third kappa shape index (κ3) is 4.34. The Kier molecular flexibility index (Phi) is 5.46. The Bertz CT molecular complexity index is 542. The highest BCUT2D eigenvalue weighted by atomic mass is 16.6. The second-order valence-corrected chi connectivity index (χ2v) is 6.80. The van der Waals surface area contributed by atoms with Gasteiger partial charge in [-0.1, -0.05) is 0 Å². The normalized spacial score (nSPS) is 20.0. The first-order valence-electron chi connectivity index (χ1n) is 7.99. The highest BCUT2D eigenvalue weighted by Crippen LogP contribution is 2.33. The van der Waals surface area contributed by atoms with Crippen molar-refractivity contribution >= 4 is 6.09 Å². The number of pyridine rings is 1. The quantitative estimate of drug-likeness (QED) is 0.926. The van der Waals surface area contributed by atoms with E-state index in [2.05, 4.69) is 4.98 Å². The van der Waals surface area contributed by atoms with Gasteiger partial charge in [0.2, 0.25) is 0 Å². The van der Waals surface area contributed by atoms with Gasteiger partial charge in [0, 0.05) is 24.5 Å². The zero-order valence-electron chi connectivity index (χ0n) is 14.3. The first-order chi connectivity index (χ1) is 10.8. The summed E-state index contributed by atoms with van der Waals surface area (Å²) in [5.74, 6) is 0.571. The molecule has 1 fully saturated rings. The molecule has 1 N–H and O–H groups in total. The number of carbonyl (C=O) groups is 1. The zero-order valence-corrected chi connectivity index (χ0v) is 14.3. The molecule has 0 radical (unpaired) electrons. The summed E-state index contributed by atoms with van der Waals surface area (Å²) in [7, 11) is 1.55. The lowest BCUT2D eigenvalue weighted by molar-refractivity contribution is -0.0174. The topological polar surface area (TPSA) is 71.9 Å². The van der Waals surface area contributed by atoms with Crippen molar-refractivity contribution in [2.45, 2.75) is 57.8 Å². The maximum absolute atomic E-state index is 12.5. The Balaban J connectivity index is 2.22. The predicted octanol–water partition coefficient (Wildman–Crippen LogP) is 2.91. The Morgan fingerprint density at radius 3 is 2.83 bits per heavy atom. The van der Waals surface area contributed by atoms with Crippen LogP contribution >= 0.6 is 0 Å². The predicted molar refractivity (Wildman–Crippen MR) is 86.3 cm³/mol. The number of aromatic nitrogens is 1. The molecule has 0 saturated carbocycles. The van der Waals surface area contributed by atoms with Crippen LogP contribution < -0.4 is 4.74 Å². The fraction of sp³-hybridized carbons (Fsp3) is 0.647. The smallest absolute Gasteiger partial charge is 0.410 e. The van der Waals surface area contributed by atoms with E-state index in [-0.39, 0.29) is 12.1 Å². The Labute approximate surface area is 137 Å². The lowest BCUT2D eigenvalue weighted by atomic mass is 9.93. The van der Waals surface area contributed by atoms with Crippen LogP contribution in [-0.2, 0) is 4.74 Å². The van der Waals surface area contributed by atoms with Crippen molar-refractivity contribution in [3.63, 3.8) is 0 Å². The standard InChI is InChI=1S/C17H26N2O4/c1-17(2,3)23-16(21)19-10-6-5-7-13(19)15(20)12-11-18-9-8-14(12)22-4/h8-9,11,13,15,20H,5-7,10H2,1-4H3/t13-,15+/m1/s1. The number of methoxy groups -OCH3 is 1. The van der Waals surface area contributed by atoms with Gasteiger partial charge in [-0.15, -0.1) is 0 Å². The molecule has 6 heteroatoms. The van der Waals surface area contributed by atoms with E-state index in [1.54, 1.807) is 30.5 Å². The number of rotatable bonds is 3. The molecule has 1 aliphatic heterocycles. The van der Waals surface area contributed by atoms with E-state index in [1.807, 2.05) is 20.8 Å². The Morgan fingerprint density at radius 1 is 1.43 bits per heavy atom. The first-order valence-corrected chi connectivity index (χ1v) is 7.99. The van der Waals surface area contributed by atoms with Crippen molar-refractivity contribution < 1.29 is 19.4 Å². The molecule has 2 heterocycles. The van der Waals surface area contributed by atoms with Crippen molar-refractivity contribution in [1.82, 2.24) is 9.88 Å². The fourth-order valence-corrected chi connectivity index (χ4v) is 2.84. The van der Waals surface area contributed by atoms with E-state index < -0.39 is 11.7 Å². The molecule has 6 nitrogen and oxygen atoms in total. The number of carbonyl (C=O) groups excluding carboxylic acids is 1. The number of amides is 1. The summed E-state index contributed by atoms with van der Waals surface area (Å²) in [6.45, 7) is 6.10. The largest absolute Gasteiger partial charge is 0.496 e. The number of aliphatic hydroxyl groups excluding tert-OH is 1. The van der Waals surface area contributed by atoms with Crippen LogP contribution in [0.15, 0.2) is 18.5 Å². The number of likely N-dealkylation sites (tertiary alicyclic amines) is 1. The fourth-order valence-electron chi connectivity index (χ4n) is 2.84. The maximum atomic E-state index is 12.5. The molecular formula is C17H26N2O4. The molecule has 1 aliphatic rings. The van der Waals surface area contributed by atoms with E-state index in [1.165, 1.54) is 0 Å². The summed E-state index contributed by atoms with van der Waals surface area (Å²) in [6.07, 6.45) is 4.55. The summed E-state index contributed by atoms with van der Waals surface area (Å²) in [5, 5.41) is 10.8. The summed E-state index contributed by atoms with van der Waals surface area (Å²) >= 11 is 0. The first kappa shape index (κ1) is 17.5. The summed E-state index contributed by atoms with van der Waals surface area (Å²) < 4.78 is 10.8. The van der Waals surface area contributed by atoms with Gasteiger partial charge in [-0.05, 0) is 46.1 Å². The van der Waals surface area contributed by atoms with Gasteiger partial charge in [0.1, 0.15) is 17.5 Å². The van der Waals surface area contributed by atoms with E-state index in [0.29, 0.717) is 17.9 Å². The van der Waals surface area contributed by atoms with E-state index in [4.69, 9.17) is 9.47 Å². The van der Waals surface area contributed by atoms with Gasteiger partial charge >= 0.3 is 6.09 Å². The van der Waals surface area contributed by atoms with Crippen LogP contribution in [0.1, 0.15) is 51.7 Å². The van der Waals surface area contributed by atoms with Crippen LogP contribution in [0.25, 0.3) is 0 Å². The third-order valence-electron chi connectivity index (χ3n) is 3.89. The summed E-state index contributed by atoms with van der Waals surface area (Å²) in [6, 6.07) is 1.37. The molecule has 1 aromatic rings. The van der Waals surface area contributed by atoms with Gasteiger partial charge in [0.25, 0.3) is 0 Å². The molecular weight excluding hydrogens is 296 g/mol. The lowest BCUT2D eigenvalue weighted by Gasteiger charge is -2.39. The second kappa shape index (κ2) is 7.17. The minimum atomic E-state index is -0.855. The van der Waals surface area contributed by atoms with Crippen molar-refractivity contribution in [3.8, 4) is 5.75 Å². The number of aliphatic hydroxyl groups is 1. The van der Waals surface area contributed by atoms with Crippen molar-refractivity contribution in [3.05, 3.63) is 24.0 Å². The highest BCUT2D eigenvalue weighted by Gasteiger charge is 2.36. The van der Waals surface area contributed by atoms with Gasteiger partial charge in [-0.25, -0.2) is 4.79 Å². The highest BCUT2D eigenvalue weighted by molar-refractivity contribution is 5.69.